The van der Waals surface area contributed by atoms with Crippen LogP contribution in [0.4, 0.5) is 34.1 Å². The van der Waals surface area contributed by atoms with Crippen molar-refractivity contribution < 1.29 is 8.83 Å². The van der Waals surface area contributed by atoms with Gasteiger partial charge in [-0.15, -0.1) is 0 Å². The van der Waals surface area contributed by atoms with Crippen LogP contribution in [0.2, 0.25) is 0 Å². The zero-order chi connectivity index (χ0) is 73.3. The van der Waals surface area contributed by atoms with E-state index in [1.807, 2.05) is 0 Å². The fourth-order valence-corrected chi connectivity index (χ4v) is 18.2. The Balaban J connectivity index is 0.000000143. The predicted octanol–water partition coefficient (Wildman–Crippen LogP) is 29.4. The zero-order valence-electron chi connectivity index (χ0n) is 61.9. The number of rotatable bonds is 11. The fraction of sp³-hybridized carbons (Fsp3) is 0.0857. The minimum Gasteiger partial charge on any atom is -0.455 e. The van der Waals surface area contributed by atoms with Crippen LogP contribution in [-0.2, 0) is 16.2 Å². The van der Waals surface area contributed by atoms with Crippen LogP contribution < -0.4 is 9.80 Å². The molecule has 0 spiro atoms. The highest BCUT2D eigenvalue weighted by Crippen LogP contribution is 2.56. The molecule has 2 aromatic heterocycles. The van der Waals surface area contributed by atoms with Crippen LogP contribution in [0.25, 0.3) is 133 Å². The van der Waals surface area contributed by atoms with Gasteiger partial charge in [0, 0.05) is 82.8 Å². The van der Waals surface area contributed by atoms with Gasteiger partial charge in [-0.3, -0.25) is 0 Å². The van der Waals surface area contributed by atoms with Crippen molar-refractivity contribution in [3.63, 3.8) is 0 Å². The molecule has 0 fully saturated rings. The summed E-state index contributed by atoms with van der Waals surface area (Å²) < 4.78 is 13.6. The summed E-state index contributed by atoms with van der Waals surface area (Å²) in [5, 5.41) is 4.42. The highest BCUT2D eigenvalue weighted by molar-refractivity contribution is 6.14. The molecule has 16 aromatic carbocycles. The van der Waals surface area contributed by atoms with Crippen LogP contribution in [-0.4, -0.2) is 0 Å². The molecule has 0 unspecified atom stereocenters. The maximum Gasteiger partial charge on any atom is 0.143 e. The summed E-state index contributed by atoms with van der Waals surface area (Å²) in [6.07, 6.45) is 0. The third kappa shape index (κ3) is 10.6. The van der Waals surface area contributed by atoms with Crippen LogP contribution in [0.15, 0.2) is 373 Å². The van der Waals surface area contributed by atoms with Crippen molar-refractivity contribution in [3.05, 3.63) is 397 Å². The number of para-hydroxylation sites is 4. The van der Waals surface area contributed by atoms with Gasteiger partial charge in [0.2, 0.25) is 0 Å². The van der Waals surface area contributed by atoms with Gasteiger partial charge in [-0.2, -0.15) is 0 Å². The first kappa shape index (κ1) is 65.3. The van der Waals surface area contributed by atoms with Crippen LogP contribution in [0.3, 0.4) is 0 Å². The molecule has 0 saturated carbocycles. The van der Waals surface area contributed by atoms with E-state index >= 15 is 0 Å². The maximum atomic E-state index is 6.82. The monoisotopic (exact) mass is 1400 g/mol. The van der Waals surface area contributed by atoms with Gasteiger partial charge >= 0.3 is 0 Å². The third-order valence-electron chi connectivity index (χ3n) is 23.7. The molecule has 21 rings (SSSR count). The fourth-order valence-electron chi connectivity index (χ4n) is 18.2. The molecule has 0 amide bonds. The number of hydrogen-bond acceptors (Lipinski definition) is 4. The molecule has 0 saturated heterocycles. The first-order chi connectivity index (χ1) is 53.3. The Labute approximate surface area is 636 Å². The molecule has 0 bridgehead atoms. The van der Waals surface area contributed by atoms with Crippen LogP contribution in [0.5, 0.6) is 0 Å². The van der Waals surface area contributed by atoms with E-state index < -0.39 is 0 Å². The topological polar surface area (TPSA) is 32.8 Å². The Bertz CT molecular complexity index is 6630. The lowest BCUT2D eigenvalue weighted by molar-refractivity contribution is 0.660. The normalized spacial score (nSPS) is 13.6. The number of anilines is 6. The molecule has 2 heterocycles. The van der Waals surface area contributed by atoms with E-state index in [2.05, 4.69) is 415 Å². The highest BCUT2D eigenvalue weighted by atomic mass is 16.3. The molecule has 3 aliphatic carbocycles. The van der Waals surface area contributed by atoms with Gasteiger partial charge in [0.15, 0.2) is 0 Å². The Morgan fingerprint density at radius 3 is 0.945 bits per heavy atom. The zero-order valence-corrected chi connectivity index (χ0v) is 61.9. The van der Waals surface area contributed by atoms with Crippen molar-refractivity contribution in [1.29, 1.82) is 0 Å². The lowest BCUT2D eigenvalue weighted by Crippen LogP contribution is -2.17. The molecule has 0 atom stereocenters. The standard InChI is InChI=1S/C54H41NO.C51H37NO/c1-53(2)46-22-12-8-19-39(46)41-28-26-35(30-48(41)53)44-31-37(32-45-43-21-11-15-25-51(43)56-52(44)45)55(50-24-14-10-18-38(50)34-16-6-5-7-17-34)36-27-29-42-40-20-9-13-23-47(40)54(3,4)49(42)33-36;1-51(2)46-22-12-9-20-41(46)42-30-27-37(31-47(42)51)44-32-39(33-45-43-21-11-14-24-49(43)53-50(44)45)52(38-28-25-35(26-29-38)34-15-5-3-6-16-34)48-23-13-10-19-40(48)36-17-7-4-8-18-36/h5-33H,1-4H3;3-33H,1-2H3. The van der Waals surface area contributed by atoms with Gasteiger partial charge in [-0.25, -0.2) is 0 Å². The average Bonchev–Trinajstić information content (AvgIpc) is 1.61. The minimum atomic E-state index is -0.142. The summed E-state index contributed by atoms with van der Waals surface area (Å²) in [4.78, 5) is 4.88. The van der Waals surface area contributed by atoms with Crippen molar-refractivity contribution in [1.82, 2.24) is 0 Å². The van der Waals surface area contributed by atoms with E-state index in [0.29, 0.717) is 0 Å². The SMILES string of the molecule is CC1(C)c2ccccc2-c2ccc(-c3cc(N(c4ccc(-c5ccccc5)cc4)c4ccccc4-c4ccccc4)cc4c3oc3ccccc34)cc21.CC1(C)c2ccccc2-c2ccc(-c3cc(N(c4ccc5c(c4)C(C)(C)c4ccccc4-5)c4ccccc4-c4ccccc4)cc4c3oc3ccccc34)cc21. The number of hydrogen-bond donors (Lipinski definition) is 0. The van der Waals surface area contributed by atoms with Gasteiger partial charge in [0.1, 0.15) is 22.3 Å². The van der Waals surface area contributed by atoms with Crippen molar-refractivity contribution in [2.45, 2.75) is 57.8 Å². The molecular formula is C105H78N2O2. The van der Waals surface area contributed by atoms with E-state index in [4.69, 9.17) is 8.83 Å². The van der Waals surface area contributed by atoms with Gasteiger partial charge in [-0.1, -0.05) is 321 Å². The molecule has 0 aliphatic heterocycles. The smallest absolute Gasteiger partial charge is 0.143 e. The second kappa shape index (κ2) is 25.5. The van der Waals surface area contributed by atoms with Gasteiger partial charge in [0.25, 0.3) is 0 Å². The molecule has 3 aliphatic rings. The van der Waals surface area contributed by atoms with Crippen molar-refractivity contribution >= 4 is 78.0 Å². The van der Waals surface area contributed by atoms with E-state index in [1.165, 1.54) is 94.6 Å². The number of furan rings is 2. The Hall–Kier alpha value is -13.3. The largest absolute Gasteiger partial charge is 0.455 e. The van der Waals surface area contributed by atoms with Crippen molar-refractivity contribution in [2.75, 3.05) is 9.80 Å². The summed E-state index contributed by atoms with van der Waals surface area (Å²) in [6.45, 7) is 14.1. The summed E-state index contributed by atoms with van der Waals surface area (Å²) >= 11 is 0. The molecule has 0 N–H and O–H groups in total. The molecule has 4 heteroatoms. The van der Waals surface area contributed by atoms with Crippen LogP contribution in [0, 0.1) is 0 Å². The van der Waals surface area contributed by atoms with E-state index in [0.717, 1.165) is 106 Å². The van der Waals surface area contributed by atoms with Crippen molar-refractivity contribution in [2.24, 2.45) is 0 Å². The Kier molecular flexibility index (Phi) is 15.3. The second-order valence-electron chi connectivity index (χ2n) is 31.0. The predicted molar refractivity (Wildman–Crippen MR) is 457 cm³/mol. The van der Waals surface area contributed by atoms with E-state index in [1.54, 1.807) is 0 Å². The number of benzene rings is 16. The molecule has 18 aromatic rings. The quantitative estimate of drug-likeness (QED) is 0.129. The molecular weight excluding hydrogens is 1320 g/mol. The minimum absolute atomic E-state index is 0.117. The van der Waals surface area contributed by atoms with Crippen LogP contribution in [0.1, 0.15) is 74.9 Å². The first-order valence-corrected chi connectivity index (χ1v) is 38.0. The number of fused-ring (bicyclic) bond motifs is 15. The molecule has 4 nitrogen and oxygen atoms in total. The highest BCUT2D eigenvalue weighted by Gasteiger charge is 2.39. The molecule has 520 valence electrons. The van der Waals surface area contributed by atoms with Gasteiger partial charge < -0.3 is 18.6 Å². The van der Waals surface area contributed by atoms with Crippen LogP contribution >= 0.6 is 0 Å². The van der Waals surface area contributed by atoms with E-state index in [-0.39, 0.29) is 16.2 Å². The van der Waals surface area contributed by atoms with E-state index in [9.17, 15) is 0 Å². The summed E-state index contributed by atoms with van der Waals surface area (Å²) in [6, 6.07) is 132. The molecule has 109 heavy (non-hydrogen) atoms. The summed E-state index contributed by atoms with van der Waals surface area (Å²) in [5.41, 5.74) is 37.4. The Morgan fingerprint density at radius 1 is 0.193 bits per heavy atom. The lowest BCUT2D eigenvalue weighted by Gasteiger charge is -2.30. The lowest BCUT2D eigenvalue weighted by atomic mass is 9.81. The molecule has 0 radical (unpaired) electrons. The second-order valence-corrected chi connectivity index (χ2v) is 31.0. The first-order valence-electron chi connectivity index (χ1n) is 38.0. The average molecular weight is 1400 g/mol. The van der Waals surface area contributed by atoms with Gasteiger partial charge in [0.05, 0.1) is 11.4 Å². The maximum absolute atomic E-state index is 6.82. The van der Waals surface area contributed by atoms with Crippen molar-refractivity contribution in [3.8, 4) is 89.0 Å². The number of nitrogens with zero attached hydrogens (tertiary/aromatic N) is 2. The summed E-state index contributed by atoms with van der Waals surface area (Å²) in [7, 11) is 0. The Morgan fingerprint density at radius 2 is 0.505 bits per heavy atom. The summed E-state index contributed by atoms with van der Waals surface area (Å²) in [5.74, 6) is 0. The third-order valence-corrected chi connectivity index (χ3v) is 23.7. The van der Waals surface area contributed by atoms with Gasteiger partial charge in [-0.05, 0) is 185 Å².